The van der Waals surface area contributed by atoms with Gasteiger partial charge in [-0.05, 0) is 37.1 Å². The minimum Gasteiger partial charge on any atom is -0.493 e. The number of rotatable bonds is 4. The molecule has 0 spiro atoms. The van der Waals surface area contributed by atoms with Crippen molar-refractivity contribution in [2.45, 2.75) is 20.3 Å². The molecule has 2 aromatic rings. The predicted molar refractivity (Wildman–Crippen MR) is 71.6 cm³/mol. The van der Waals surface area contributed by atoms with Gasteiger partial charge in [-0.15, -0.1) is 0 Å². The Balaban J connectivity index is 1.90. The summed E-state index contributed by atoms with van der Waals surface area (Å²) in [6.07, 6.45) is 3.89. The highest BCUT2D eigenvalue weighted by Crippen LogP contribution is 2.16. The quantitative estimate of drug-likeness (QED) is 0.895. The van der Waals surface area contributed by atoms with Gasteiger partial charge in [0.15, 0.2) is 0 Å². The summed E-state index contributed by atoms with van der Waals surface area (Å²) in [4.78, 5) is 8.26. The van der Waals surface area contributed by atoms with E-state index in [1.807, 2.05) is 12.1 Å². The van der Waals surface area contributed by atoms with Gasteiger partial charge in [0.25, 0.3) is 0 Å². The van der Waals surface area contributed by atoms with Crippen LogP contribution in [0.1, 0.15) is 17.0 Å². The van der Waals surface area contributed by atoms with Gasteiger partial charge in [-0.3, -0.25) is 0 Å². The van der Waals surface area contributed by atoms with E-state index in [-0.39, 0.29) is 0 Å². The van der Waals surface area contributed by atoms with Gasteiger partial charge in [0.1, 0.15) is 11.6 Å². The molecular weight excluding hydrogens is 226 g/mol. The molecule has 94 valence electrons. The molecule has 1 aromatic carbocycles. The number of nitrogens with two attached hydrogens (primary N) is 1. The Morgan fingerprint density at radius 2 is 1.67 bits per heavy atom. The minimum atomic E-state index is 0.562. The second kappa shape index (κ2) is 5.49. The van der Waals surface area contributed by atoms with Gasteiger partial charge in [-0.1, -0.05) is 6.07 Å². The molecule has 1 aromatic heterocycles. The lowest BCUT2D eigenvalue weighted by molar-refractivity contribution is 0.318. The fourth-order valence-electron chi connectivity index (χ4n) is 1.77. The van der Waals surface area contributed by atoms with Gasteiger partial charge in [0.2, 0.25) is 0 Å². The van der Waals surface area contributed by atoms with Crippen molar-refractivity contribution in [2.75, 3.05) is 12.3 Å². The molecule has 0 saturated heterocycles. The molecule has 0 saturated carbocycles. The van der Waals surface area contributed by atoms with E-state index in [1.165, 1.54) is 11.1 Å². The van der Waals surface area contributed by atoms with E-state index < -0.39 is 0 Å². The summed E-state index contributed by atoms with van der Waals surface area (Å²) in [6.45, 7) is 4.68. The van der Waals surface area contributed by atoms with Crippen LogP contribution in [0.2, 0.25) is 0 Å². The lowest BCUT2D eigenvalue weighted by Gasteiger charge is -2.07. The summed E-state index contributed by atoms with van der Waals surface area (Å²) >= 11 is 0. The molecule has 0 aliphatic rings. The summed E-state index contributed by atoms with van der Waals surface area (Å²) in [5.74, 6) is 1.64. The fourth-order valence-corrected chi connectivity index (χ4v) is 1.77. The van der Waals surface area contributed by atoms with Crippen molar-refractivity contribution in [2.24, 2.45) is 0 Å². The zero-order chi connectivity index (χ0) is 13.0. The number of aromatic nitrogens is 2. The van der Waals surface area contributed by atoms with Crippen LogP contribution in [0.25, 0.3) is 0 Å². The molecule has 0 bridgehead atoms. The van der Waals surface area contributed by atoms with Crippen molar-refractivity contribution in [3.05, 3.63) is 47.5 Å². The van der Waals surface area contributed by atoms with Crippen LogP contribution in [0.5, 0.6) is 5.75 Å². The van der Waals surface area contributed by atoms with E-state index in [4.69, 9.17) is 10.5 Å². The summed E-state index contributed by atoms with van der Waals surface area (Å²) < 4.78 is 5.69. The van der Waals surface area contributed by atoms with Crippen LogP contribution in [-0.4, -0.2) is 16.6 Å². The maximum Gasteiger partial charge on any atom is 0.131 e. The molecule has 0 aliphatic heterocycles. The number of benzene rings is 1. The lowest BCUT2D eigenvalue weighted by atomic mass is 10.1. The first-order chi connectivity index (χ1) is 8.63. The summed E-state index contributed by atoms with van der Waals surface area (Å²) in [7, 11) is 0. The Morgan fingerprint density at radius 3 is 2.28 bits per heavy atom. The first-order valence-corrected chi connectivity index (χ1v) is 5.91. The highest BCUT2D eigenvalue weighted by molar-refractivity contribution is 5.33. The maximum absolute atomic E-state index is 5.69. The van der Waals surface area contributed by atoms with Gasteiger partial charge in [-0.25, -0.2) is 9.97 Å². The first kappa shape index (κ1) is 12.4. The van der Waals surface area contributed by atoms with Crippen molar-refractivity contribution < 1.29 is 4.74 Å². The highest BCUT2D eigenvalue weighted by Gasteiger charge is 1.99. The Morgan fingerprint density at radius 1 is 1.06 bits per heavy atom. The molecule has 0 radical (unpaired) electrons. The van der Waals surface area contributed by atoms with Gasteiger partial charge in [0, 0.05) is 6.42 Å². The van der Waals surface area contributed by atoms with E-state index in [2.05, 4.69) is 29.9 Å². The van der Waals surface area contributed by atoms with Crippen LogP contribution in [0.15, 0.2) is 30.6 Å². The molecule has 2 N–H and O–H groups in total. The second-order valence-electron chi connectivity index (χ2n) is 4.35. The number of nitrogens with zero attached hydrogens (tertiary/aromatic N) is 2. The molecular formula is C14H17N3O. The zero-order valence-corrected chi connectivity index (χ0v) is 10.7. The molecule has 0 aliphatic carbocycles. The van der Waals surface area contributed by atoms with E-state index in [0.717, 1.165) is 11.6 Å². The van der Waals surface area contributed by atoms with Crippen molar-refractivity contribution in [3.8, 4) is 5.75 Å². The molecule has 18 heavy (non-hydrogen) atoms. The second-order valence-corrected chi connectivity index (χ2v) is 4.35. The SMILES string of the molecule is Cc1cc(C)cc(OCCc2ncc(N)cn2)c1. The van der Waals surface area contributed by atoms with E-state index in [1.54, 1.807) is 12.4 Å². The van der Waals surface area contributed by atoms with Crippen LogP contribution in [0.4, 0.5) is 5.69 Å². The number of aryl methyl sites for hydroxylation is 2. The smallest absolute Gasteiger partial charge is 0.131 e. The third kappa shape index (κ3) is 3.45. The standard InChI is InChI=1S/C14H17N3O/c1-10-5-11(2)7-13(6-10)18-4-3-14-16-8-12(15)9-17-14/h5-9H,3-4,15H2,1-2H3. The molecule has 4 heteroatoms. The fraction of sp³-hybridized carbons (Fsp3) is 0.286. The van der Waals surface area contributed by atoms with Crippen LogP contribution < -0.4 is 10.5 Å². The lowest BCUT2D eigenvalue weighted by Crippen LogP contribution is -2.05. The number of anilines is 1. The van der Waals surface area contributed by atoms with E-state index in [0.29, 0.717) is 18.7 Å². The van der Waals surface area contributed by atoms with Crippen LogP contribution in [0.3, 0.4) is 0 Å². The predicted octanol–water partition coefficient (Wildman–Crippen LogP) is 2.30. The van der Waals surface area contributed by atoms with Gasteiger partial charge in [0.05, 0.1) is 24.7 Å². The Hall–Kier alpha value is -2.10. The molecule has 0 atom stereocenters. The normalized spacial score (nSPS) is 10.3. The Bertz CT molecular complexity index is 503. The average Bonchev–Trinajstić information content (AvgIpc) is 2.30. The number of ether oxygens (including phenoxy) is 1. The number of hydrogen-bond donors (Lipinski definition) is 1. The zero-order valence-electron chi connectivity index (χ0n) is 10.7. The van der Waals surface area contributed by atoms with Gasteiger partial charge in [-0.2, -0.15) is 0 Å². The largest absolute Gasteiger partial charge is 0.493 e. The maximum atomic E-state index is 5.69. The van der Waals surface area contributed by atoms with Crippen molar-refractivity contribution in [1.82, 2.24) is 9.97 Å². The third-order valence-electron chi connectivity index (χ3n) is 2.51. The van der Waals surface area contributed by atoms with Crippen molar-refractivity contribution >= 4 is 5.69 Å². The number of hydrogen-bond acceptors (Lipinski definition) is 4. The average molecular weight is 243 g/mol. The molecule has 1 heterocycles. The minimum absolute atomic E-state index is 0.562. The molecule has 0 amide bonds. The highest BCUT2D eigenvalue weighted by atomic mass is 16.5. The molecule has 0 fully saturated rings. The van der Waals surface area contributed by atoms with Gasteiger partial charge < -0.3 is 10.5 Å². The van der Waals surface area contributed by atoms with Crippen LogP contribution >= 0.6 is 0 Å². The Labute approximate surface area is 107 Å². The van der Waals surface area contributed by atoms with Crippen LogP contribution in [-0.2, 0) is 6.42 Å². The summed E-state index contributed by atoms with van der Waals surface area (Å²) in [5.41, 5.74) is 8.51. The van der Waals surface area contributed by atoms with Crippen LogP contribution in [0, 0.1) is 13.8 Å². The van der Waals surface area contributed by atoms with Crippen molar-refractivity contribution in [3.63, 3.8) is 0 Å². The van der Waals surface area contributed by atoms with Gasteiger partial charge >= 0.3 is 0 Å². The summed E-state index contributed by atoms with van der Waals surface area (Å²) in [6, 6.07) is 6.17. The molecule has 2 rings (SSSR count). The van der Waals surface area contributed by atoms with E-state index >= 15 is 0 Å². The molecule has 0 unspecified atom stereocenters. The third-order valence-corrected chi connectivity index (χ3v) is 2.51. The topological polar surface area (TPSA) is 61.0 Å². The van der Waals surface area contributed by atoms with E-state index in [9.17, 15) is 0 Å². The first-order valence-electron chi connectivity index (χ1n) is 5.91. The number of nitrogen functional groups attached to an aromatic ring is 1. The van der Waals surface area contributed by atoms with Crippen molar-refractivity contribution in [1.29, 1.82) is 0 Å². The Kier molecular flexibility index (Phi) is 3.77. The molecule has 4 nitrogen and oxygen atoms in total. The summed E-state index contributed by atoms with van der Waals surface area (Å²) in [5, 5.41) is 0. The monoisotopic (exact) mass is 243 g/mol.